The quantitative estimate of drug-likeness (QED) is 0.935. The first-order chi connectivity index (χ1) is 10.2. The van der Waals surface area contributed by atoms with Gasteiger partial charge in [-0.1, -0.05) is 6.42 Å². The average Bonchev–Trinajstić information content (AvgIpc) is 2.96. The van der Waals surface area contributed by atoms with E-state index in [2.05, 4.69) is 39.4 Å². The van der Waals surface area contributed by atoms with Gasteiger partial charge in [0, 0.05) is 23.8 Å². The second-order valence-electron chi connectivity index (χ2n) is 5.62. The van der Waals surface area contributed by atoms with Crippen LogP contribution in [0.3, 0.4) is 0 Å². The molecule has 3 rings (SSSR count). The molecule has 3 heterocycles. The minimum absolute atomic E-state index is 0.447. The molecule has 1 aliphatic rings. The number of rotatable bonds is 4. The Kier molecular flexibility index (Phi) is 4.45. The molecule has 0 bridgehead atoms. The zero-order chi connectivity index (χ0) is 14.7. The summed E-state index contributed by atoms with van der Waals surface area (Å²) < 4.78 is 0. The molecule has 0 spiro atoms. The number of hydrogen-bond donors (Lipinski definition) is 1. The normalized spacial score (nSPS) is 19.9. The Labute approximate surface area is 129 Å². The van der Waals surface area contributed by atoms with Gasteiger partial charge in [-0.3, -0.25) is 4.90 Å². The molecule has 0 amide bonds. The van der Waals surface area contributed by atoms with Gasteiger partial charge in [0.2, 0.25) is 5.95 Å². The summed E-state index contributed by atoms with van der Waals surface area (Å²) in [6, 6.07) is 2.81. The maximum atomic E-state index is 4.75. The molecule has 21 heavy (non-hydrogen) atoms. The van der Waals surface area contributed by atoms with Crippen molar-refractivity contribution in [1.82, 2.24) is 19.9 Å². The van der Waals surface area contributed by atoms with E-state index in [9.17, 15) is 0 Å². The number of piperidine rings is 1. The first kappa shape index (κ1) is 14.4. The van der Waals surface area contributed by atoms with E-state index < -0.39 is 0 Å². The van der Waals surface area contributed by atoms with Crippen molar-refractivity contribution in [2.75, 3.05) is 11.9 Å². The predicted molar refractivity (Wildman–Crippen MR) is 85.9 cm³/mol. The van der Waals surface area contributed by atoms with Crippen LogP contribution in [0.25, 0.3) is 0 Å². The number of likely N-dealkylation sites (tertiary alicyclic amines) is 1. The molecule has 5 nitrogen and oxygen atoms in total. The van der Waals surface area contributed by atoms with E-state index in [1.165, 1.54) is 31.5 Å². The molecule has 2 aromatic rings. The van der Waals surface area contributed by atoms with Crippen molar-refractivity contribution in [3.8, 4) is 0 Å². The molecule has 6 heteroatoms. The third-order valence-corrected chi connectivity index (χ3v) is 4.63. The van der Waals surface area contributed by atoms with E-state index in [0.717, 1.165) is 5.13 Å². The summed E-state index contributed by atoms with van der Waals surface area (Å²) >= 11 is 1.62. The minimum Gasteiger partial charge on any atom is -0.300 e. The van der Waals surface area contributed by atoms with Crippen molar-refractivity contribution in [3.05, 3.63) is 29.5 Å². The van der Waals surface area contributed by atoms with Crippen molar-refractivity contribution in [2.45, 2.75) is 45.2 Å². The standard InChI is InChI=1S/C15H21N5S/c1-11(2)20-9-4-3-6-13(20)12-10-21-15(18-12)19-14-16-7-5-8-17-14/h5,7-8,10-11,13H,3-4,6,9H2,1-2H3,(H,16,17,18,19)/t13-/m1/s1. The van der Waals surface area contributed by atoms with Crippen LogP contribution in [0.2, 0.25) is 0 Å². The lowest BCUT2D eigenvalue weighted by Crippen LogP contribution is -2.38. The Morgan fingerprint density at radius 1 is 1.29 bits per heavy atom. The van der Waals surface area contributed by atoms with Crippen LogP contribution in [0.4, 0.5) is 11.1 Å². The maximum absolute atomic E-state index is 4.75. The van der Waals surface area contributed by atoms with Crippen molar-refractivity contribution in [3.63, 3.8) is 0 Å². The van der Waals surface area contributed by atoms with Gasteiger partial charge in [-0.25, -0.2) is 15.0 Å². The zero-order valence-corrected chi connectivity index (χ0v) is 13.3. The summed E-state index contributed by atoms with van der Waals surface area (Å²) in [7, 11) is 0. The Morgan fingerprint density at radius 2 is 2.10 bits per heavy atom. The van der Waals surface area contributed by atoms with Crippen LogP contribution in [0.5, 0.6) is 0 Å². The molecule has 1 N–H and O–H groups in total. The molecule has 1 fully saturated rings. The summed E-state index contributed by atoms with van der Waals surface area (Å²) in [5.41, 5.74) is 1.17. The Hall–Kier alpha value is -1.53. The number of thiazole rings is 1. The highest BCUT2D eigenvalue weighted by Crippen LogP contribution is 2.34. The first-order valence-corrected chi connectivity index (χ1v) is 8.37. The van der Waals surface area contributed by atoms with Gasteiger partial charge in [-0.05, 0) is 39.3 Å². The van der Waals surface area contributed by atoms with Crippen molar-refractivity contribution in [2.24, 2.45) is 0 Å². The van der Waals surface area contributed by atoms with Crippen molar-refractivity contribution in [1.29, 1.82) is 0 Å². The van der Waals surface area contributed by atoms with Crippen LogP contribution >= 0.6 is 11.3 Å². The predicted octanol–water partition coefficient (Wildman–Crippen LogP) is 3.61. The van der Waals surface area contributed by atoms with E-state index in [0.29, 0.717) is 18.0 Å². The van der Waals surface area contributed by atoms with Crippen molar-refractivity contribution >= 4 is 22.4 Å². The van der Waals surface area contributed by atoms with Crippen LogP contribution in [-0.2, 0) is 0 Å². The molecule has 0 aromatic carbocycles. The lowest BCUT2D eigenvalue weighted by molar-refractivity contribution is 0.110. The number of anilines is 2. The molecule has 0 radical (unpaired) electrons. The lowest BCUT2D eigenvalue weighted by Gasteiger charge is -2.37. The van der Waals surface area contributed by atoms with Crippen LogP contribution in [0.1, 0.15) is 44.8 Å². The number of nitrogens with one attached hydrogen (secondary N) is 1. The molecule has 1 saturated heterocycles. The van der Waals surface area contributed by atoms with Gasteiger partial charge in [-0.15, -0.1) is 11.3 Å². The first-order valence-electron chi connectivity index (χ1n) is 7.49. The van der Waals surface area contributed by atoms with Gasteiger partial charge in [0.25, 0.3) is 0 Å². The Balaban J connectivity index is 1.74. The number of nitrogens with zero attached hydrogens (tertiary/aromatic N) is 4. The monoisotopic (exact) mass is 303 g/mol. The molecule has 0 aliphatic carbocycles. The Morgan fingerprint density at radius 3 is 2.86 bits per heavy atom. The second kappa shape index (κ2) is 6.49. The van der Waals surface area contributed by atoms with Crippen molar-refractivity contribution < 1.29 is 0 Å². The fourth-order valence-electron chi connectivity index (χ4n) is 2.85. The lowest BCUT2D eigenvalue weighted by atomic mass is 9.98. The van der Waals surface area contributed by atoms with Crippen LogP contribution in [0, 0.1) is 0 Å². The highest BCUT2D eigenvalue weighted by atomic mass is 32.1. The minimum atomic E-state index is 0.447. The third-order valence-electron chi connectivity index (χ3n) is 3.86. The highest BCUT2D eigenvalue weighted by Gasteiger charge is 2.27. The largest absolute Gasteiger partial charge is 0.300 e. The molecule has 0 unspecified atom stereocenters. The van der Waals surface area contributed by atoms with Gasteiger partial charge in [0.15, 0.2) is 5.13 Å². The number of hydrogen-bond acceptors (Lipinski definition) is 6. The van der Waals surface area contributed by atoms with Gasteiger partial charge in [0.1, 0.15) is 0 Å². The molecule has 1 aliphatic heterocycles. The summed E-state index contributed by atoms with van der Waals surface area (Å²) in [5, 5.41) is 6.20. The Bertz CT molecular complexity index is 568. The van der Waals surface area contributed by atoms with Gasteiger partial charge in [-0.2, -0.15) is 0 Å². The highest BCUT2D eigenvalue weighted by molar-refractivity contribution is 7.13. The molecule has 112 valence electrons. The van der Waals surface area contributed by atoms with Crippen LogP contribution < -0.4 is 5.32 Å². The molecule has 2 aromatic heterocycles. The summed E-state index contributed by atoms with van der Waals surface area (Å²) in [4.78, 5) is 15.7. The van der Waals surface area contributed by atoms with Crippen LogP contribution in [-0.4, -0.2) is 32.4 Å². The van der Waals surface area contributed by atoms with E-state index in [1.54, 1.807) is 29.8 Å². The smallest absolute Gasteiger partial charge is 0.228 e. The molecular formula is C15H21N5S. The van der Waals surface area contributed by atoms with E-state index >= 15 is 0 Å². The molecular weight excluding hydrogens is 282 g/mol. The number of aromatic nitrogens is 3. The van der Waals surface area contributed by atoms with E-state index in [4.69, 9.17) is 4.98 Å². The third kappa shape index (κ3) is 3.39. The zero-order valence-electron chi connectivity index (χ0n) is 12.5. The fourth-order valence-corrected chi connectivity index (χ4v) is 3.60. The SMILES string of the molecule is CC(C)N1CCCC[C@@H]1c1csc(Nc2ncccn2)n1. The second-order valence-corrected chi connectivity index (χ2v) is 6.48. The summed E-state index contributed by atoms with van der Waals surface area (Å²) in [5.74, 6) is 0.600. The fraction of sp³-hybridized carbons (Fsp3) is 0.533. The van der Waals surface area contributed by atoms with Crippen LogP contribution in [0.15, 0.2) is 23.8 Å². The average molecular weight is 303 g/mol. The molecule has 1 atom stereocenters. The van der Waals surface area contributed by atoms with E-state index in [1.807, 2.05) is 0 Å². The summed E-state index contributed by atoms with van der Waals surface area (Å²) in [6.07, 6.45) is 7.23. The topological polar surface area (TPSA) is 53.9 Å². The molecule has 0 saturated carbocycles. The van der Waals surface area contributed by atoms with Gasteiger partial charge < -0.3 is 5.32 Å². The summed E-state index contributed by atoms with van der Waals surface area (Å²) in [6.45, 7) is 5.70. The van der Waals surface area contributed by atoms with E-state index in [-0.39, 0.29) is 0 Å². The van der Waals surface area contributed by atoms with Gasteiger partial charge >= 0.3 is 0 Å². The van der Waals surface area contributed by atoms with Gasteiger partial charge in [0.05, 0.1) is 11.7 Å². The maximum Gasteiger partial charge on any atom is 0.228 e.